The number of carbonyl (C=O) groups excluding carboxylic acids is 1. The monoisotopic (exact) mass is 363 g/mol. The van der Waals surface area contributed by atoms with Gasteiger partial charge in [0, 0.05) is 12.1 Å². The Bertz CT molecular complexity index is 576. The second-order valence-corrected chi connectivity index (χ2v) is 10.6. The Kier molecular flexibility index (Phi) is 4.47. The van der Waals surface area contributed by atoms with Crippen LogP contribution in [0.1, 0.15) is 78.6 Å². The van der Waals surface area contributed by atoms with Gasteiger partial charge in [-0.05, 0) is 101 Å². The van der Waals surface area contributed by atoms with Gasteiger partial charge >= 0.3 is 0 Å². The van der Waals surface area contributed by atoms with Crippen LogP contribution in [0.5, 0.6) is 0 Å². The minimum Gasteiger partial charge on any atom is -0.390 e. The average Bonchev–Trinajstić information content (AvgIpc) is 2.60. The fourth-order valence-corrected chi connectivity index (χ4v) is 7.81. The van der Waals surface area contributed by atoms with Crippen molar-refractivity contribution in [2.24, 2.45) is 29.1 Å². The lowest BCUT2D eigenvalue weighted by Gasteiger charge is -2.64. The Morgan fingerprint density at radius 3 is 2.54 bits per heavy atom. The largest absolute Gasteiger partial charge is 0.390 e. The third-order valence-electron chi connectivity index (χ3n) is 9.26. The topological polar surface area (TPSA) is 60.8 Å². The van der Waals surface area contributed by atoms with Crippen molar-refractivity contribution in [2.75, 3.05) is 13.2 Å². The van der Waals surface area contributed by atoms with Gasteiger partial charge in [0.15, 0.2) is 0 Å². The maximum atomic E-state index is 12.4. The summed E-state index contributed by atoms with van der Waals surface area (Å²) >= 11 is 0. The van der Waals surface area contributed by atoms with Crippen LogP contribution in [0.3, 0.4) is 0 Å². The predicted octanol–water partition coefficient (Wildman–Crippen LogP) is 3.35. The minimum absolute atomic E-state index is 0.0669. The van der Waals surface area contributed by atoms with Gasteiger partial charge in [0.25, 0.3) is 0 Å². The van der Waals surface area contributed by atoms with Crippen LogP contribution < -0.4 is 0 Å². The Balaban J connectivity index is 1.61. The van der Waals surface area contributed by atoms with Crippen molar-refractivity contribution in [3.8, 4) is 0 Å². The Hall–Kier alpha value is -0.610. The normalized spacial score (nSPS) is 51.2. The molecule has 4 nitrogen and oxygen atoms in total. The summed E-state index contributed by atoms with van der Waals surface area (Å²) < 4.78 is 0. The third-order valence-corrected chi connectivity index (χ3v) is 9.26. The number of amides is 1. The molecule has 0 radical (unpaired) electrons. The molecule has 1 amide bonds. The fourth-order valence-electron chi connectivity index (χ4n) is 7.81. The number of nitrogens with zero attached hydrogens (tertiary/aromatic N) is 1. The fraction of sp³-hybridized carbons (Fsp3) is 0.955. The summed E-state index contributed by atoms with van der Waals surface area (Å²) in [4.78, 5) is 14.4. The highest BCUT2D eigenvalue weighted by molar-refractivity contribution is 5.78. The Morgan fingerprint density at radius 1 is 1.04 bits per heavy atom. The van der Waals surface area contributed by atoms with Crippen LogP contribution in [-0.2, 0) is 4.79 Å². The zero-order chi connectivity index (χ0) is 18.7. The van der Waals surface area contributed by atoms with Gasteiger partial charge in [-0.25, -0.2) is 0 Å². The molecule has 1 heterocycles. The molecule has 1 saturated heterocycles. The van der Waals surface area contributed by atoms with Gasteiger partial charge in [-0.1, -0.05) is 6.92 Å². The third kappa shape index (κ3) is 2.66. The molecule has 0 spiro atoms. The Morgan fingerprint density at radius 2 is 1.81 bits per heavy atom. The molecule has 1 aliphatic heterocycles. The number of fused-ring (bicyclic) bond motifs is 5. The van der Waals surface area contributed by atoms with E-state index in [1.165, 1.54) is 25.7 Å². The summed E-state index contributed by atoms with van der Waals surface area (Å²) in [6.45, 7) is 7.28. The van der Waals surface area contributed by atoms with E-state index in [2.05, 4.69) is 13.8 Å². The molecule has 26 heavy (non-hydrogen) atoms. The van der Waals surface area contributed by atoms with Crippen LogP contribution in [0.25, 0.3) is 0 Å². The van der Waals surface area contributed by atoms with Gasteiger partial charge in [-0.15, -0.1) is 0 Å². The standard InChI is InChI=1S/C22H37NO3/c1-20(26)10-11-21(2)15(13-20)6-7-16-17(21)8-9-22(3)18(16)5-4-12-23(22)19(25)14-24/h15-18,24,26H,4-14H2,1-3H3/t15-,16?,17?,18?,20+,21-,22-/m0/s1. The first kappa shape index (κ1) is 18.7. The quantitative estimate of drug-likeness (QED) is 0.751. The van der Waals surface area contributed by atoms with E-state index < -0.39 is 5.60 Å². The minimum atomic E-state index is -0.477. The first-order chi connectivity index (χ1) is 12.2. The first-order valence-electron chi connectivity index (χ1n) is 10.8. The van der Waals surface area contributed by atoms with Gasteiger partial charge < -0.3 is 15.1 Å². The molecule has 3 unspecified atom stereocenters. The van der Waals surface area contributed by atoms with Crippen LogP contribution in [0.4, 0.5) is 0 Å². The Labute approximate surface area is 158 Å². The molecule has 4 heteroatoms. The van der Waals surface area contributed by atoms with E-state index in [1.807, 2.05) is 11.8 Å². The molecule has 3 saturated carbocycles. The summed E-state index contributed by atoms with van der Waals surface area (Å²) in [5, 5.41) is 20.1. The molecular formula is C22H37NO3. The molecule has 0 aromatic heterocycles. The van der Waals surface area contributed by atoms with E-state index in [1.54, 1.807) is 0 Å². The van der Waals surface area contributed by atoms with E-state index >= 15 is 0 Å². The molecule has 4 fully saturated rings. The van der Waals surface area contributed by atoms with Crippen molar-refractivity contribution in [1.82, 2.24) is 4.90 Å². The zero-order valence-electron chi connectivity index (χ0n) is 16.8. The molecule has 7 atom stereocenters. The van der Waals surface area contributed by atoms with E-state index in [9.17, 15) is 15.0 Å². The van der Waals surface area contributed by atoms with Gasteiger partial charge in [0.2, 0.25) is 5.91 Å². The van der Waals surface area contributed by atoms with Gasteiger partial charge in [0.05, 0.1) is 5.60 Å². The second-order valence-electron chi connectivity index (χ2n) is 10.6. The molecular weight excluding hydrogens is 326 g/mol. The van der Waals surface area contributed by atoms with E-state index in [0.29, 0.717) is 23.2 Å². The SMILES string of the molecule is C[C@@]1(O)CC[C@]2(C)C3CC[C@@]4(C)C(CCCN4C(=O)CO)C3CC[C@H]2C1. The molecule has 3 aliphatic carbocycles. The van der Waals surface area contributed by atoms with Crippen molar-refractivity contribution in [3.05, 3.63) is 0 Å². The van der Waals surface area contributed by atoms with Crippen molar-refractivity contribution in [3.63, 3.8) is 0 Å². The maximum Gasteiger partial charge on any atom is 0.248 e. The lowest BCUT2D eigenvalue weighted by Crippen LogP contribution is -2.65. The highest BCUT2D eigenvalue weighted by Gasteiger charge is 2.60. The lowest BCUT2D eigenvalue weighted by atomic mass is 9.44. The second kappa shape index (κ2) is 6.20. The van der Waals surface area contributed by atoms with E-state index in [-0.39, 0.29) is 18.1 Å². The highest BCUT2D eigenvalue weighted by atomic mass is 16.3. The molecule has 0 bridgehead atoms. The number of aliphatic hydroxyl groups excluding tert-OH is 1. The summed E-state index contributed by atoms with van der Waals surface area (Å²) in [6.07, 6.45) is 10.1. The maximum absolute atomic E-state index is 12.4. The van der Waals surface area contributed by atoms with Gasteiger partial charge in [-0.3, -0.25) is 4.79 Å². The molecule has 0 aromatic carbocycles. The molecule has 148 valence electrons. The zero-order valence-corrected chi connectivity index (χ0v) is 16.8. The average molecular weight is 364 g/mol. The molecule has 4 aliphatic rings. The van der Waals surface area contributed by atoms with Crippen LogP contribution in [0.15, 0.2) is 0 Å². The number of likely N-dealkylation sites (tertiary alicyclic amines) is 1. The molecule has 0 aromatic rings. The summed E-state index contributed by atoms with van der Waals surface area (Å²) in [5.74, 6) is 2.58. The van der Waals surface area contributed by atoms with Crippen LogP contribution >= 0.6 is 0 Å². The van der Waals surface area contributed by atoms with Crippen molar-refractivity contribution < 1.29 is 15.0 Å². The predicted molar refractivity (Wildman–Crippen MR) is 101 cm³/mol. The molecule has 4 rings (SSSR count). The van der Waals surface area contributed by atoms with Crippen LogP contribution in [-0.4, -0.2) is 45.3 Å². The van der Waals surface area contributed by atoms with Crippen molar-refractivity contribution in [2.45, 2.75) is 89.7 Å². The van der Waals surface area contributed by atoms with Crippen LogP contribution in [0, 0.1) is 29.1 Å². The highest BCUT2D eigenvalue weighted by Crippen LogP contribution is 2.64. The van der Waals surface area contributed by atoms with E-state index in [4.69, 9.17) is 0 Å². The van der Waals surface area contributed by atoms with Gasteiger partial charge in [-0.2, -0.15) is 0 Å². The number of carbonyl (C=O) groups is 1. The number of hydrogen-bond donors (Lipinski definition) is 2. The molecule has 2 N–H and O–H groups in total. The summed E-state index contributed by atoms with van der Waals surface area (Å²) in [7, 11) is 0. The lowest BCUT2D eigenvalue weighted by molar-refractivity contribution is -0.174. The smallest absolute Gasteiger partial charge is 0.248 e. The number of rotatable bonds is 1. The van der Waals surface area contributed by atoms with Gasteiger partial charge in [0.1, 0.15) is 6.61 Å². The first-order valence-corrected chi connectivity index (χ1v) is 10.8. The van der Waals surface area contributed by atoms with Crippen LogP contribution in [0.2, 0.25) is 0 Å². The van der Waals surface area contributed by atoms with Crippen molar-refractivity contribution >= 4 is 5.91 Å². The summed E-state index contributed by atoms with van der Waals surface area (Å²) in [5.41, 5.74) is -0.187. The number of piperidine rings is 1. The summed E-state index contributed by atoms with van der Waals surface area (Å²) in [6, 6.07) is 0. The number of hydrogen-bond acceptors (Lipinski definition) is 3. The van der Waals surface area contributed by atoms with E-state index in [0.717, 1.165) is 44.6 Å². The number of aliphatic hydroxyl groups is 2. The van der Waals surface area contributed by atoms with Crippen molar-refractivity contribution in [1.29, 1.82) is 0 Å².